The average Bonchev–Trinajstić information content (AvgIpc) is 2.26. The maximum atomic E-state index is 12.2. The highest BCUT2D eigenvalue weighted by molar-refractivity contribution is 5.94. The van der Waals surface area contributed by atoms with Crippen LogP contribution < -0.4 is 5.32 Å². The van der Waals surface area contributed by atoms with Crippen LogP contribution in [0.3, 0.4) is 0 Å². The summed E-state index contributed by atoms with van der Waals surface area (Å²) in [4.78, 5) is 12.2. The molecule has 0 heterocycles. The van der Waals surface area contributed by atoms with Crippen molar-refractivity contribution in [2.45, 2.75) is 41.5 Å². The minimum absolute atomic E-state index is 0.0399. The minimum Gasteiger partial charge on any atom is -0.352 e. The number of hydrogen-bond donors (Lipinski definition) is 1. The van der Waals surface area contributed by atoms with Gasteiger partial charge in [0.1, 0.15) is 0 Å². The highest BCUT2D eigenvalue weighted by Gasteiger charge is 2.18. The van der Waals surface area contributed by atoms with Gasteiger partial charge in [-0.25, -0.2) is 0 Å². The molecule has 2 nitrogen and oxygen atoms in total. The van der Waals surface area contributed by atoms with Gasteiger partial charge in [0.05, 0.1) is 0 Å². The smallest absolute Gasteiger partial charge is 0.251 e. The molecule has 2 heteroatoms. The molecule has 1 aromatic carbocycles. The van der Waals surface area contributed by atoms with Crippen molar-refractivity contribution in [3.63, 3.8) is 0 Å². The van der Waals surface area contributed by atoms with Crippen LogP contribution >= 0.6 is 0 Å². The second-order valence-electron chi connectivity index (χ2n) is 6.24. The highest BCUT2D eigenvalue weighted by atomic mass is 16.1. The van der Waals surface area contributed by atoms with Crippen LogP contribution in [0.5, 0.6) is 0 Å². The average molecular weight is 261 g/mol. The molecule has 0 radical (unpaired) electrons. The number of carbonyl (C=O) groups excluding carboxylic acids is 1. The minimum atomic E-state index is 0.0399. The van der Waals surface area contributed by atoms with E-state index in [1.165, 1.54) is 0 Å². The van der Waals surface area contributed by atoms with Gasteiger partial charge < -0.3 is 5.32 Å². The molecule has 0 saturated heterocycles. The molecule has 0 aliphatic heterocycles. The Kier molecular flexibility index (Phi) is 5.59. The third kappa shape index (κ3) is 4.70. The van der Waals surface area contributed by atoms with Crippen LogP contribution in [0.2, 0.25) is 0 Å². The fourth-order valence-electron chi connectivity index (χ4n) is 2.66. The topological polar surface area (TPSA) is 29.1 Å². The summed E-state index contributed by atoms with van der Waals surface area (Å²) in [7, 11) is 0. The van der Waals surface area contributed by atoms with E-state index in [9.17, 15) is 4.79 Å². The van der Waals surface area contributed by atoms with E-state index in [1.54, 1.807) is 0 Å². The summed E-state index contributed by atoms with van der Waals surface area (Å²) < 4.78 is 0. The van der Waals surface area contributed by atoms with Gasteiger partial charge in [0, 0.05) is 12.1 Å². The third-order valence-corrected chi connectivity index (χ3v) is 3.69. The largest absolute Gasteiger partial charge is 0.352 e. The van der Waals surface area contributed by atoms with Crippen LogP contribution in [0.25, 0.3) is 0 Å². The van der Waals surface area contributed by atoms with E-state index in [4.69, 9.17) is 0 Å². The molecule has 0 spiro atoms. The number of nitrogens with one attached hydrogen (secondary N) is 1. The van der Waals surface area contributed by atoms with Crippen molar-refractivity contribution in [3.8, 4) is 0 Å². The summed E-state index contributed by atoms with van der Waals surface area (Å²) in [6.45, 7) is 13.7. The molecule has 19 heavy (non-hydrogen) atoms. The summed E-state index contributed by atoms with van der Waals surface area (Å²) in [5, 5.41) is 3.08. The number of rotatable bonds is 5. The van der Waals surface area contributed by atoms with Crippen LogP contribution in [-0.2, 0) is 0 Å². The SMILES string of the molecule is Cc1cc(C)cc(C(=O)NCC(C(C)C)C(C)C)c1. The van der Waals surface area contributed by atoms with E-state index in [-0.39, 0.29) is 5.91 Å². The van der Waals surface area contributed by atoms with Crippen molar-refractivity contribution < 1.29 is 4.79 Å². The molecule has 1 amide bonds. The van der Waals surface area contributed by atoms with Gasteiger partial charge in [0.15, 0.2) is 0 Å². The first-order valence-corrected chi connectivity index (χ1v) is 7.17. The molecule has 0 saturated carbocycles. The van der Waals surface area contributed by atoms with E-state index in [0.717, 1.165) is 23.2 Å². The van der Waals surface area contributed by atoms with Crippen molar-refractivity contribution >= 4 is 5.91 Å². The van der Waals surface area contributed by atoms with Gasteiger partial charge in [-0.3, -0.25) is 4.79 Å². The maximum absolute atomic E-state index is 12.2. The van der Waals surface area contributed by atoms with Crippen LogP contribution in [0.1, 0.15) is 49.2 Å². The van der Waals surface area contributed by atoms with E-state index in [0.29, 0.717) is 17.8 Å². The molecule has 1 aromatic rings. The first-order chi connectivity index (χ1) is 8.81. The molecule has 0 aliphatic carbocycles. The lowest BCUT2D eigenvalue weighted by Crippen LogP contribution is -2.34. The zero-order valence-electron chi connectivity index (χ0n) is 13.1. The zero-order valence-corrected chi connectivity index (χ0v) is 13.1. The molecule has 0 aromatic heterocycles. The van der Waals surface area contributed by atoms with Crippen molar-refractivity contribution in [2.24, 2.45) is 17.8 Å². The number of carbonyl (C=O) groups is 1. The van der Waals surface area contributed by atoms with Gasteiger partial charge in [0.25, 0.3) is 5.91 Å². The van der Waals surface area contributed by atoms with Gasteiger partial charge in [0.2, 0.25) is 0 Å². The summed E-state index contributed by atoms with van der Waals surface area (Å²) in [5.41, 5.74) is 3.03. The van der Waals surface area contributed by atoms with Gasteiger partial charge in [-0.05, 0) is 43.7 Å². The number of benzene rings is 1. The zero-order chi connectivity index (χ0) is 14.6. The lowest BCUT2D eigenvalue weighted by Gasteiger charge is -2.25. The fraction of sp³-hybridized carbons (Fsp3) is 0.588. The van der Waals surface area contributed by atoms with Gasteiger partial charge >= 0.3 is 0 Å². The first-order valence-electron chi connectivity index (χ1n) is 7.17. The van der Waals surface area contributed by atoms with Crippen LogP contribution in [-0.4, -0.2) is 12.5 Å². The van der Waals surface area contributed by atoms with Crippen molar-refractivity contribution in [3.05, 3.63) is 34.9 Å². The number of aryl methyl sites for hydroxylation is 2. The molecule has 0 bridgehead atoms. The lowest BCUT2D eigenvalue weighted by atomic mass is 9.85. The lowest BCUT2D eigenvalue weighted by molar-refractivity contribution is 0.0937. The molecule has 0 atom stereocenters. The molecule has 1 rings (SSSR count). The summed E-state index contributed by atoms with van der Waals surface area (Å²) >= 11 is 0. The predicted molar refractivity (Wildman–Crippen MR) is 81.4 cm³/mol. The number of hydrogen-bond acceptors (Lipinski definition) is 1. The van der Waals surface area contributed by atoms with Gasteiger partial charge in [-0.2, -0.15) is 0 Å². The van der Waals surface area contributed by atoms with E-state index in [2.05, 4.69) is 39.1 Å². The Hall–Kier alpha value is -1.31. The molecule has 106 valence electrons. The maximum Gasteiger partial charge on any atom is 0.251 e. The van der Waals surface area contributed by atoms with E-state index in [1.807, 2.05) is 26.0 Å². The summed E-state index contributed by atoms with van der Waals surface area (Å²) in [5.74, 6) is 1.73. The summed E-state index contributed by atoms with van der Waals surface area (Å²) in [6.07, 6.45) is 0. The highest BCUT2D eigenvalue weighted by Crippen LogP contribution is 2.19. The molecule has 0 aliphatic rings. The van der Waals surface area contributed by atoms with Crippen molar-refractivity contribution in [2.75, 3.05) is 6.54 Å². The monoisotopic (exact) mass is 261 g/mol. The Morgan fingerprint density at radius 2 is 1.47 bits per heavy atom. The first kappa shape index (κ1) is 15.7. The predicted octanol–water partition coefficient (Wildman–Crippen LogP) is 3.96. The Morgan fingerprint density at radius 3 is 1.89 bits per heavy atom. The van der Waals surface area contributed by atoms with E-state index >= 15 is 0 Å². The quantitative estimate of drug-likeness (QED) is 0.854. The van der Waals surface area contributed by atoms with Crippen molar-refractivity contribution in [1.82, 2.24) is 5.32 Å². The Labute approximate surface area is 117 Å². The molecule has 0 unspecified atom stereocenters. The Morgan fingerprint density at radius 1 is 1.00 bits per heavy atom. The fourth-order valence-corrected chi connectivity index (χ4v) is 2.66. The molecular formula is C17H27NO. The molecular weight excluding hydrogens is 234 g/mol. The van der Waals surface area contributed by atoms with Crippen LogP contribution in [0.15, 0.2) is 18.2 Å². The number of amides is 1. The van der Waals surface area contributed by atoms with Crippen molar-refractivity contribution in [1.29, 1.82) is 0 Å². The standard InChI is InChI=1S/C17H27NO/c1-11(2)16(12(3)4)10-18-17(19)15-8-13(5)7-14(6)9-15/h7-9,11-12,16H,10H2,1-6H3,(H,18,19). The molecule has 1 N–H and O–H groups in total. The second-order valence-corrected chi connectivity index (χ2v) is 6.24. The van der Waals surface area contributed by atoms with Gasteiger partial charge in [-0.15, -0.1) is 0 Å². The van der Waals surface area contributed by atoms with Crippen LogP contribution in [0, 0.1) is 31.6 Å². The van der Waals surface area contributed by atoms with Crippen LogP contribution in [0.4, 0.5) is 0 Å². The summed E-state index contributed by atoms with van der Waals surface area (Å²) in [6, 6.07) is 5.98. The Bertz CT molecular complexity index is 407. The molecule has 0 fully saturated rings. The normalized spacial score (nSPS) is 11.4. The van der Waals surface area contributed by atoms with E-state index < -0.39 is 0 Å². The van der Waals surface area contributed by atoms with Gasteiger partial charge in [-0.1, -0.05) is 44.9 Å². The third-order valence-electron chi connectivity index (χ3n) is 3.69. The Balaban J connectivity index is 2.69. The second kappa shape index (κ2) is 6.74.